The summed E-state index contributed by atoms with van der Waals surface area (Å²) < 4.78 is 5.28. The van der Waals surface area contributed by atoms with Crippen LogP contribution in [-0.4, -0.2) is 20.3 Å². The highest BCUT2D eigenvalue weighted by Crippen LogP contribution is 2.12. The third-order valence-corrected chi connectivity index (χ3v) is 6.44. The van der Waals surface area contributed by atoms with E-state index < -0.39 is 7.12 Å². The summed E-state index contributed by atoms with van der Waals surface area (Å²) in [4.78, 5) is 0. The average Bonchev–Trinajstić information content (AvgIpc) is 2.87. The minimum Gasteiger partial charge on any atom is -0.853 e. The molecular weight excluding hydrogens is 417 g/mol. The van der Waals surface area contributed by atoms with E-state index in [0.29, 0.717) is 6.61 Å². The van der Waals surface area contributed by atoms with E-state index in [1.165, 1.54) is 122 Å². The fraction of sp³-hybridized carbons (Fsp3) is 0.800. The maximum Gasteiger partial charge on any atom is 0.217 e. The third-order valence-electron chi connectivity index (χ3n) is 6.44. The number of hydrogen-bond acceptors (Lipinski definition) is 2. The van der Waals surface area contributed by atoms with Crippen LogP contribution >= 0.6 is 0 Å². The van der Waals surface area contributed by atoms with Crippen molar-refractivity contribution < 1.29 is 15.4 Å². The summed E-state index contributed by atoms with van der Waals surface area (Å²) in [6.07, 6.45) is 27.5. The molecule has 0 aromatic heterocycles. The number of benzene rings is 1. The molecule has 1 aromatic carbocycles. The van der Waals surface area contributed by atoms with Gasteiger partial charge in [0.25, 0.3) is 0 Å². The second-order valence-corrected chi connectivity index (χ2v) is 9.83. The molecule has 0 aliphatic rings. The quantitative estimate of drug-likeness (QED) is 0.139. The Hall–Kier alpha value is -0.835. The van der Waals surface area contributed by atoms with Gasteiger partial charge in [-0.05, 0) is 19.3 Å². The van der Waals surface area contributed by atoms with E-state index in [9.17, 15) is 5.02 Å². The monoisotopic (exact) mass is 475 g/mol. The molecule has 34 heavy (non-hydrogen) atoms. The van der Waals surface area contributed by atoms with E-state index in [-0.39, 0.29) is 0 Å². The topological polar surface area (TPSA) is 59.9 Å². The van der Waals surface area contributed by atoms with Crippen molar-refractivity contribution in [3.63, 3.8) is 0 Å². The van der Waals surface area contributed by atoms with Crippen LogP contribution < -0.4 is 16.2 Å². The summed E-state index contributed by atoms with van der Waals surface area (Å²) in [5.74, 6) is 0. The number of hydrogen-bond donors (Lipinski definition) is 1. The Morgan fingerprint density at radius 3 is 1.38 bits per heavy atom. The van der Waals surface area contributed by atoms with Gasteiger partial charge in [-0.1, -0.05) is 159 Å². The van der Waals surface area contributed by atoms with Gasteiger partial charge >= 0.3 is 0 Å². The normalized spacial score (nSPS) is 10.7. The molecule has 0 amide bonds. The Morgan fingerprint density at radius 1 is 0.588 bits per heavy atom. The van der Waals surface area contributed by atoms with Crippen molar-refractivity contribution in [1.82, 2.24) is 0 Å². The lowest BCUT2D eigenvalue weighted by Gasteiger charge is -2.19. The van der Waals surface area contributed by atoms with E-state index in [2.05, 4.69) is 19.6 Å². The summed E-state index contributed by atoms with van der Waals surface area (Å²) in [5, 5.41) is 11.6. The van der Waals surface area contributed by atoms with Crippen molar-refractivity contribution in [2.75, 3.05) is 13.2 Å². The standard InChI is InChI=1S/C16H35N.C14H22BO2/c1-2-3-4-5-6-7-8-9-10-11-12-13-14-15-16-17;1-2-3-4-5-6-10-13-17-15(16)14-11-8-7-9-12-14/h2-17H2,1H3;7-9,11-12H,2-6,10,13H2,1H3/q;-1/p+1. The predicted octanol–water partition coefficient (Wildman–Crippen LogP) is 6.83. The van der Waals surface area contributed by atoms with Crippen LogP contribution in [-0.2, 0) is 4.65 Å². The van der Waals surface area contributed by atoms with Crippen molar-refractivity contribution in [1.29, 1.82) is 0 Å². The molecule has 1 aromatic rings. The second kappa shape index (κ2) is 28.4. The van der Waals surface area contributed by atoms with Gasteiger partial charge in [0, 0.05) is 6.61 Å². The first-order chi connectivity index (χ1) is 16.8. The number of unbranched alkanes of at least 4 members (excludes halogenated alkanes) is 18. The lowest BCUT2D eigenvalue weighted by molar-refractivity contribution is -0.368. The zero-order valence-corrected chi connectivity index (χ0v) is 23.0. The number of rotatable bonds is 23. The van der Waals surface area contributed by atoms with E-state index in [0.717, 1.165) is 18.4 Å². The first kappa shape index (κ1) is 33.2. The highest BCUT2D eigenvalue weighted by atomic mass is 16.5. The first-order valence-electron chi connectivity index (χ1n) is 14.9. The molecule has 0 fully saturated rings. The van der Waals surface area contributed by atoms with Crippen molar-refractivity contribution in [3.05, 3.63) is 30.3 Å². The van der Waals surface area contributed by atoms with Crippen LogP contribution in [0.1, 0.15) is 142 Å². The molecule has 3 N–H and O–H groups in total. The SMILES string of the molecule is CCCCCCCCCCCCCCCC[NH3+].CCCCCCCCOB([O-])c1ccccc1. The Balaban J connectivity index is 0.000000641. The zero-order chi connectivity index (χ0) is 25.0. The highest BCUT2D eigenvalue weighted by molar-refractivity contribution is 6.58. The van der Waals surface area contributed by atoms with Crippen LogP contribution in [0.15, 0.2) is 30.3 Å². The van der Waals surface area contributed by atoms with Crippen LogP contribution in [0, 0.1) is 0 Å². The molecule has 1 rings (SSSR count). The summed E-state index contributed by atoms with van der Waals surface area (Å²) in [5.41, 5.74) is 4.60. The van der Waals surface area contributed by atoms with Crippen LogP contribution in [0.3, 0.4) is 0 Å². The third kappa shape index (κ3) is 24.3. The van der Waals surface area contributed by atoms with Crippen molar-refractivity contribution in [2.24, 2.45) is 0 Å². The van der Waals surface area contributed by atoms with E-state index >= 15 is 0 Å². The summed E-state index contributed by atoms with van der Waals surface area (Å²) in [6.45, 7) is 6.20. The van der Waals surface area contributed by atoms with Crippen molar-refractivity contribution >= 4 is 12.6 Å². The molecule has 0 saturated heterocycles. The molecule has 0 atom stereocenters. The largest absolute Gasteiger partial charge is 0.853 e. The summed E-state index contributed by atoms with van der Waals surface area (Å²) >= 11 is 0. The summed E-state index contributed by atoms with van der Waals surface area (Å²) in [7, 11) is -1.02. The molecule has 0 aliphatic carbocycles. The molecule has 0 radical (unpaired) electrons. The molecule has 198 valence electrons. The van der Waals surface area contributed by atoms with Gasteiger partial charge in [-0.2, -0.15) is 0 Å². The maximum atomic E-state index is 11.6. The van der Waals surface area contributed by atoms with Crippen LogP contribution in [0.4, 0.5) is 0 Å². The Labute approximate surface area is 213 Å². The van der Waals surface area contributed by atoms with E-state index in [1.54, 1.807) is 0 Å². The Bertz CT molecular complexity index is 472. The fourth-order valence-corrected chi connectivity index (χ4v) is 4.15. The highest BCUT2D eigenvalue weighted by Gasteiger charge is 2.01. The van der Waals surface area contributed by atoms with Gasteiger partial charge in [-0.15, -0.1) is 0 Å². The molecule has 3 nitrogen and oxygen atoms in total. The molecule has 0 aliphatic heterocycles. The molecule has 4 heteroatoms. The molecule has 0 bridgehead atoms. The van der Waals surface area contributed by atoms with Gasteiger partial charge in [0.05, 0.1) is 6.54 Å². The van der Waals surface area contributed by atoms with Crippen LogP contribution in [0.25, 0.3) is 0 Å². The van der Waals surface area contributed by atoms with Crippen LogP contribution in [0.2, 0.25) is 0 Å². The van der Waals surface area contributed by atoms with Crippen molar-refractivity contribution in [2.45, 2.75) is 142 Å². The van der Waals surface area contributed by atoms with Gasteiger partial charge in [-0.3, -0.25) is 0 Å². The lowest BCUT2D eigenvalue weighted by Crippen LogP contribution is -2.50. The minimum atomic E-state index is -1.02. The van der Waals surface area contributed by atoms with Gasteiger partial charge in [-0.25, -0.2) is 0 Å². The van der Waals surface area contributed by atoms with Gasteiger partial charge < -0.3 is 15.4 Å². The smallest absolute Gasteiger partial charge is 0.217 e. The molecule has 0 heterocycles. The second-order valence-electron chi connectivity index (χ2n) is 9.83. The van der Waals surface area contributed by atoms with Gasteiger partial charge in [0.15, 0.2) is 0 Å². The zero-order valence-electron chi connectivity index (χ0n) is 23.0. The first-order valence-corrected chi connectivity index (χ1v) is 14.9. The van der Waals surface area contributed by atoms with E-state index in [1.807, 2.05) is 30.3 Å². The minimum absolute atomic E-state index is 0.579. The maximum absolute atomic E-state index is 11.6. The number of quaternary nitrogens is 1. The predicted molar refractivity (Wildman–Crippen MR) is 149 cm³/mol. The Morgan fingerprint density at radius 2 is 0.971 bits per heavy atom. The average molecular weight is 476 g/mol. The fourth-order valence-electron chi connectivity index (χ4n) is 4.15. The molecule has 0 spiro atoms. The molecular formula is C30H58BNO2. The van der Waals surface area contributed by atoms with Gasteiger partial charge in [0.1, 0.15) is 0 Å². The lowest BCUT2D eigenvalue weighted by atomic mass is 9.80. The summed E-state index contributed by atoms with van der Waals surface area (Å²) in [6, 6.07) is 9.28. The molecule has 0 unspecified atom stereocenters. The van der Waals surface area contributed by atoms with Crippen molar-refractivity contribution in [3.8, 4) is 0 Å². The van der Waals surface area contributed by atoms with E-state index in [4.69, 9.17) is 4.65 Å². The van der Waals surface area contributed by atoms with Gasteiger partial charge in [0.2, 0.25) is 7.12 Å². The Kier molecular flexibility index (Phi) is 27.7. The molecule has 0 saturated carbocycles. The van der Waals surface area contributed by atoms with Crippen LogP contribution in [0.5, 0.6) is 0 Å².